The molecule has 1 atom stereocenters. The Hall–Kier alpha value is -0.0800. The molecular weight excluding hydrogens is 208 g/mol. The number of hydrogen-bond acceptors (Lipinski definition) is 2. The zero-order valence-corrected chi connectivity index (χ0v) is 11.8. The summed E-state index contributed by atoms with van der Waals surface area (Å²) >= 11 is 0. The van der Waals surface area contributed by atoms with Crippen LogP contribution in [0.15, 0.2) is 0 Å². The van der Waals surface area contributed by atoms with Crippen LogP contribution < -0.4 is 5.32 Å². The first-order valence-electron chi connectivity index (χ1n) is 7.73. The van der Waals surface area contributed by atoms with Gasteiger partial charge in [-0.15, -0.1) is 0 Å². The molecule has 2 aliphatic rings. The average molecular weight is 238 g/mol. The van der Waals surface area contributed by atoms with E-state index in [1.807, 2.05) is 0 Å². The van der Waals surface area contributed by atoms with Crippen LogP contribution in [0.3, 0.4) is 0 Å². The Morgan fingerprint density at radius 3 is 2.47 bits per heavy atom. The molecule has 2 rings (SSSR count). The third kappa shape index (κ3) is 4.26. The Morgan fingerprint density at radius 1 is 1.12 bits per heavy atom. The van der Waals surface area contributed by atoms with Crippen molar-refractivity contribution in [2.45, 2.75) is 70.9 Å². The lowest BCUT2D eigenvalue weighted by molar-refractivity contribution is 0.189. The Bertz CT molecular complexity index is 203. The molecule has 0 radical (unpaired) electrons. The first-order chi connectivity index (χ1) is 8.25. The second kappa shape index (κ2) is 6.75. The van der Waals surface area contributed by atoms with Gasteiger partial charge in [-0.1, -0.05) is 25.7 Å². The molecule has 1 heterocycles. The maximum absolute atomic E-state index is 3.63. The topological polar surface area (TPSA) is 15.3 Å². The van der Waals surface area contributed by atoms with Crippen LogP contribution in [-0.4, -0.2) is 36.6 Å². The van der Waals surface area contributed by atoms with E-state index in [9.17, 15) is 0 Å². The van der Waals surface area contributed by atoms with Crippen LogP contribution in [0.4, 0.5) is 0 Å². The minimum atomic E-state index is 0.707. The first kappa shape index (κ1) is 13.4. The van der Waals surface area contributed by atoms with Gasteiger partial charge < -0.3 is 5.32 Å². The lowest BCUT2D eigenvalue weighted by Gasteiger charge is -2.30. The largest absolute Gasteiger partial charge is 0.313 e. The molecule has 100 valence electrons. The highest BCUT2D eigenvalue weighted by molar-refractivity contribution is 4.80. The van der Waals surface area contributed by atoms with E-state index in [-0.39, 0.29) is 0 Å². The molecule has 0 spiro atoms. The van der Waals surface area contributed by atoms with Crippen LogP contribution in [-0.2, 0) is 0 Å². The Balaban J connectivity index is 1.71. The summed E-state index contributed by atoms with van der Waals surface area (Å²) in [5.74, 6) is 1.03. The van der Waals surface area contributed by atoms with Gasteiger partial charge in [0.15, 0.2) is 0 Å². The Labute approximate surface area is 107 Å². The van der Waals surface area contributed by atoms with Gasteiger partial charge in [0.25, 0.3) is 0 Å². The van der Waals surface area contributed by atoms with Gasteiger partial charge in [-0.05, 0) is 52.1 Å². The highest BCUT2D eigenvalue weighted by atomic mass is 15.2. The third-order valence-electron chi connectivity index (χ3n) is 4.65. The van der Waals surface area contributed by atoms with Gasteiger partial charge in [0.1, 0.15) is 0 Å². The van der Waals surface area contributed by atoms with Crippen molar-refractivity contribution in [1.82, 2.24) is 10.2 Å². The molecule has 0 amide bonds. The average Bonchev–Trinajstić information content (AvgIpc) is 2.97. The smallest absolute Gasteiger partial charge is 0.0195 e. The second-order valence-electron chi connectivity index (χ2n) is 6.32. The summed E-state index contributed by atoms with van der Waals surface area (Å²) in [5.41, 5.74) is 0. The molecule has 17 heavy (non-hydrogen) atoms. The van der Waals surface area contributed by atoms with Gasteiger partial charge in [0, 0.05) is 18.6 Å². The summed E-state index contributed by atoms with van der Waals surface area (Å²) in [7, 11) is 0. The zero-order chi connectivity index (χ0) is 12.1. The molecule has 0 aromatic rings. The second-order valence-corrected chi connectivity index (χ2v) is 6.32. The van der Waals surface area contributed by atoms with E-state index in [1.54, 1.807) is 0 Å². The molecule has 1 aliphatic heterocycles. The van der Waals surface area contributed by atoms with Crippen LogP contribution in [0.25, 0.3) is 0 Å². The molecule has 1 aliphatic carbocycles. The third-order valence-corrected chi connectivity index (χ3v) is 4.65. The Morgan fingerprint density at radius 2 is 1.88 bits per heavy atom. The highest BCUT2D eigenvalue weighted by Gasteiger charge is 2.21. The quantitative estimate of drug-likeness (QED) is 0.765. The molecule has 1 saturated heterocycles. The maximum atomic E-state index is 3.63. The van der Waals surface area contributed by atoms with Crippen molar-refractivity contribution in [1.29, 1.82) is 0 Å². The highest BCUT2D eigenvalue weighted by Crippen LogP contribution is 2.27. The summed E-state index contributed by atoms with van der Waals surface area (Å²) in [6, 6.07) is 1.47. The predicted octanol–water partition coefficient (Wildman–Crippen LogP) is 3.03. The molecular formula is C15H30N2. The van der Waals surface area contributed by atoms with Crippen molar-refractivity contribution in [2.24, 2.45) is 5.92 Å². The van der Waals surface area contributed by atoms with Gasteiger partial charge in [-0.25, -0.2) is 0 Å². The Kier molecular flexibility index (Phi) is 5.30. The molecule has 0 bridgehead atoms. The maximum Gasteiger partial charge on any atom is 0.0195 e. The monoisotopic (exact) mass is 238 g/mol. The standard InChI is InChI=1S/C15H30N2/c1-13(2)17(12-15-8-5-10-16-15)11-9-14-6-3-4-7-14/h13-16H,3-12H2,1-2H3. The molecule has 1 unspecified atom stereocenters. The summed E-state index contributed by atoms with van der Waals surface area (Å²) in [5, 5.41) is 3.63. The van der Waals surface area contributed by atoms with Crippen molar-refractivity contribution in [3.63, 3.8) is 0 Å². The van der Waals surface area contributed by atoms with Crippen LogP contribution in [0.2, 0.25) is 0 Å². The van der Waals surface area contributed by atoms with Crippen LogP contribution in [0, 0.1) is 5.92 Å². The summed E-state index contributed by atoms with van der Waals surface area (Å²) < 4.78 is 0. The molecule has 1 N–H and O–H groups in total. The number of hydrogen-bond donors (Lipinski definition) is 1. The van der Waals surface area contributed by atoms with E-state index in [2.05, 4.69) is 24.1 Å². The van der Waals surface area contributed by atoms with E-state index in [0.29, 0.717) is 6.04 Å². The SMILES string of the molecule is CC(C)N(CCC1CCCC1)CC1CCCN1. The van der Waals surface area contributed by atoms with Crippen molar-refractivity contribution in [2.75, 3.05) is 19.6 Å². The minimum Gasteiger partial charge on any atom is -0.313 e. The number of nitrogens with one attached hydrogen (secondary N) is 1. The van der Waals surface area contributed by atoms with Crippen molar-refractivity contribution in [3.8, 4) is 0 Å². The van der Waals surface area contributed by atoms with Crippen LogP contribution in [0.1, 0.15) is 58.8 Å². The van der Waals surface area contributed by atoms with Gasteiger partial charge in [0.05, 0.1) is 0 Å². The normalized spacial score (nSPS) is 26.5. The van der Waals surface area contributed by atoms with Crippen molar-refractivity contribution >= 4 is 0 Å². The lowest BCUT2D eigenvalue weighted by Crippen LogP contribution is -2.42. The van der Waals surface area contributed by atoms with E-state index in [1.165, 1.54) is 64.6 Å². The summed E-state index contributed by atoms with van der Waals surface area (Å²) in [6.45, 7) is 8.53. The summed E-state index contributed by atoms with van der Waals surface area (Å²) in [6.07, 6.45) is 10.1. The fourth-order valence-corrected chi connectivity index (χ4v) is 3.40. The van der Waals surface area contributed by atoms with Gasteiger partial charge in [0.2, 0.25) is 0 Å². The van der Waals surface area contributed by atoms with Crippen molar-refractivity contribution in [3.05, 3.63) is 0 Å². The summed E-state index contributed by atoms with van der Waals surface area (Å²) in [4.78, 5) is 2.70. The van der Waals surface area contributed by atoms with Crippen molar-refractivity contribution < 1.29 is 0 Å². The molecule has 2 heteroatoms. The molecule has 2 nitrogen and oxygen atoms in total. The molecule has 2 fully saturated rings. The predicted molar refractivity (Wildman–Crippen MR) is 74.3 cm³/mol. The molecule has 0 aromatic heterocycles. The molecule has 1 saturated carbocycles. The first-order valence-corrected chi connectivity index (χ1v) is 7.73. The van der Waals surface area contributed by atoms with E-state index in [0.717, 1.165) is 12.0 Å². The molecule has 0 aromatic carbocycles. The number of nitrogens with zero attached hydrogens (tertiary/aromatic N) is 1. The zero-order valence-electron chi connectivity index (χ0n) is 11.8. The number of rotatable bonds is 6. The van der Waals surface area contributed by atoms with Crippen LogP contribution in [0.5, 0.6) is 0 Å². The van der Waals surface area contributed by atoms with Gasteiger partial charge in [-0.3, -0.25) is 4.90 Å². The fourth-order valence-electron chi connectivity index (χ4n) is 3.40. The van der Waals surface area contributed by atoms with E-state index in [4.69, 9.17) is 0 Å². The van der Waals surface area contributed by atoms with Gasteiger partial charge in [-0.2, -0.15) is 0 Å². The van der Waals surface area contributed by atoms with Gasteiger partial charge >= 0.3 is 0 Å². The minimum absolute atomic E-state index is 0.707. The van der Waals surface area contributed by atoms with Crippen LogP contribution >= 0.6 is 0 Å². The lowest BCUT2D eigenvalue weighted by atomic mass is 10.0. The fraction of sp³-hybridized carbons (Fsp3) is 1.00. The van der Waals surface area contributed by atoms with E-state index >= 15 is 0 Å². The van der Waals surface area contributed by atoms with E-state index < -0.39 is 0 Å².